The third-order valence-corrected chi connectivity index (χ3v) is 3.64. The maximum Gasteiger partial charge on any atom is 0.257 e. The number of hydrogen-bond donors (Lipinski definition) is 1. The van der Waals surface area contributed by atoms with Crippen molar-refractivity contribution in [2.75, 3.05) is 26.8 Å². The van der Waals surface area contributed by atoms with Crippen molar-refractivity contribution in [3.05, 3.63) is 28.8 Å². The van der Waals surface area contributed by atoms with Crippen LogP contribution in [0, 0.1) is 5.92 Å². The van der Waals surface area contributed by atoms with E-state index in [1.165, 1.54) is 6.07 Å². The summed E-state index contributed by atoms with van der Waals surface area (Å²) in [6.07, 6.45) is 1.95. The third kappa shape index (κ3) is 3.61. The summed E-state index contributed by atoms with van der Waals surface area (Å²) < 4.78 is 5.30. The molecule has 1 aromatic carbocycles. The normalized spacial score (nSPS) is 16.3. The van der Waals surface area contributed by atoms with Crippen molar-refractivity contribution >= 4 is 17.5 Å². The summed E-state index contributed by atoms with van der Waals surface area (Å²) in [5.41, 5.74) is 0.291. The minimum absolute atomic E-state index is 0.0728. The van der Waals surface area contributed by atoms with Crippen molar-refractivity contribution in [1.82, 2.24) is 4.90 Å². The standard InChI is InChI=1S/C14H18ClNO3/c1-16(9-10-4-6-19-7-5-10)14(18)12-3-2-11(15)8-13(12)17/h2-3,8,10,17H,4-7,9H2,1H3. The third-order valence-electron chi connectivity index (χ3n) is 3.41. The Morgan fingerprint density at radius 1 is 1.47 bits per heavy atom. The van der Waals surface area contributed by atoms with Crippen LogP contribution >= 0.6 is 11.6 Å². The molecule has 0 unspecified atom stereocenters. The Morgan fingerprint density at radius 3 is 2.79 bits per heavy atom. The zero-order valence-electron chi connectivity index (χ0n) is 10.9. The molecule has 4 nitrogen and oxygen atoms in total. The molecule has 1 amide bonds. The second-order valence-electron chi connectivity index (χ2n) is 4.90. The van der Waals surface area contributed by atoms with Crippen LogP contribution in [-0.2, 0) is 4.74 Å². The Kier molecular flexibility index (Phi) is 4.66. The fourth-order valence-corrected chi connectivity index (χ4v) is 2.46. The molecule has 0 radical (unpaired) electrons. The summed E-state index contributed by atoms with van der Waals surface area (Å²) in [5, 5.41) is 10.2. The van der Waals surface area contributed by atoms with Crippen molar-refractivity contribution in [2.24, 2.45) is 5.92 Å². The second-order valence-corrected chi connectivity index (χ2v) is 5.34. The summed E-state index contributed by atoms with van der Waals surface area (Å²) >= 11 is 5.76. The Morgan fingerprint density at radius 2 is 2.16 bits per heavy atom. The number of carbonyl (C=O) groups excluding carboxylic acids is 1. The number of rotatable bonds is 3. The molecule has 1 aliphatic rings. The van der Waals surface area contributed by atoms with Crippen molar-refractivity contribution in [1.29, 1.82) is 0 Å². The van der Waals surface area contributed by atoms with E-state index in [4.69, 9.17) is 16.3 Å². The highest BCUT2D eigenvalue weighted by Crippen LogP contribution is 2.24. The van der Waals surface area contributed by atoms with Gasteiger partial charge in [0.15, 0.2) is 0 Å². The molecule has 0 aromatic heterocycles. The summed E-state index contributed by atoms with van der Waals surface area (Å²) in [7, 11) is 1.76. The Hall–Kier alpha value is -1.26. The van der Waals surface area contributed by atoms with Crippen LogP contribution < -0.4 is 0 Å². The average molecular weight is 284 g/mol. The molecule has 1 aliphatic heterocycles. The Labute approximate surface area is 117 Å². The molecule has 1 aromatic rings. The SMILES string of the molecule is CN(CC1CCOCC1)C(=O)c1ccc(Cl)cc1O. The highest BCUT2D eigenvalue weighted by molar-refractivity contribution is 6.30. The van der Waals surface area contributed by atoms with E-state index < -0.39 is 0 Å². The predicted molar refractivity (Wildman–Crippen MR) is 73.6 cm³/mol. The highest BCUT2D eigenvalue weighted by atomic mass is 35.5. The van der Waals surface area contributed by atoms with Crippen LogP contribution in [0.2, 0.25) is 5.02 Å². The first-order valence-corrected chi connectivity index (χ1v) is 6.77. The lowest BCUT2D eigenvalue weighted by molar-refractivity contribution is 0.0496. The summed E-state index contributed by atoms with van der Waals surface area (Å²) in [6, 6.07) is 4.55. The monoisotopic (exact) mass is 283 g/mol. The van der Waals surface area contributed by atoms with Gasteiger partial charge in [0.1, 0.15) is 5.75 Å². The van der Waals surface area contributed by atoms with Gasteiger partial charge in [-0.25, -0.2) is 0 Å². The van der Waals surface area contributed by atoms with Gasteiger partial charge in [0.25, 0.3) is 5.91 Å². The van der Waals surface area contributed by atoms with Gasteiger partial charge in [0, 0.05) is 31.8 Å². The first-order valence-electron chi connectivity index (χ1n) is 6.39. The number of halogens is 1. The number of phenols is 1. The zero-order chi connectivity index (χ0) is 13.8. The maximum atomic E-state index is 12.2. The number of ether oxygens (including phenoxy) is 1. The summed E-state index contributed by atoms with van der Waals surface area (Å²) in [5.74, 6) is 0.217. The fourth-order valence-electron chi connectivity index (χ4n) is 2.29. The number of nitrogens with zero attached hydrogens (tertiary/aromatic N) is 1. The van der Waals surface area contributed by atoms with Gasteiger partial charge in [0.05, 0.1) is 5.56 Å². The van der Waals surface area contributed by atoms with E-state index in [9.17, 15) is 9.90 Å². The molecule has 1 N–H and O–H groups in total. The number of amides is 1. The first kappa shape index (κ1) is 14.2. The topological polar surface area (TPSA) is 49.8 Å². The quantitative estimate of drug-likeness (QED) is 0.927. The molecule has 0 atom stereocenters. The smallest absolute Gasteiger partial charge is 0.257 e. The largest absolute Gasteiger partial charge is 0.507 e. The van der Waals surface area contributed by atoms with Gasteiger partial charge in [0.2, 0.25) is 0 Å². The van der Waals surface area contributed by atoms with Crippen LogP contribution in [0.5, 0.6) is 5.75 Å². The van der Waals surface area contributed by atoms with Gasteiger partial charge in [-0.1, -0.05) is 11.6 Å². The molecular formula is C14H18ClNO3. The zero-order valence-corrected chi connectivity index (χ0v) is 11.7. The lowest BCUT2D eigenvalue weighted by Gasteiger charge is -2.27. The molecule has 1 fully saturated rings. The Balaban J connectivity index is 2.01. The maximum absolute atomic E-state index is 12.2. The van der Waals surface area contributed by atoms with Gasteiger partial charge in [-0.2, -0.15) is 0 Å². The van der Waals surface area contributed by atoms with Crippen molar-refractivity contribution in [3.8, 4) is 5.75 Å². The molecule has 5 heteroatoms. The molecule has 0 bridgehead atoms. The molecule has 104 valence electrons. The van der Waals surface area contributed by atoms with E-state index in [-0.39, 0.29) is 11.7 Å². The van der Waals surface area contributed by atoms with Crippen molar-refractivity contribution in [2.45, 2.75) is 12.8 Å². The van der Waals surface area contributed by atoms with Gasteiger partial charge in [-0.3, -0.25) is 4.79 Å². The number of hydrogen-bond acceptors (Lipinski definition) is 3. The molecule has 2 rings (SSSR count). The van der Waals surface area contributed by atoms with E-state index in [1.807, 2.05) is 0 Å². The van der Waals surface area contributed by atoms with Crippen molar-refractivity contribution in [3.63, 3.8) is 0 Å². The first-order chi connectivity index (χ1) is 9.08. The molecule has 0 spiro atoms. The van der Waals surface area contributed by atoms with Crippen LogP contribution in [0.25, 0.3) is 0 Å². The van der Waals surface area contributed by atoms with Gasteiger partial charge >= 0.3 is 0 Å². The number of phenolic OH excluding ortho intramolecular Hbond substituents is 1. The van der Waals surface area contributed by atoms with Gasteiger partial charge < -0.3 is 14.7 Å². The van der Waals surface area contributed by atoms with E-state index >= 15 is 0 Å². The summed E-state index contributed by atoms with van der Waals surface area (Å²) in [4.78, 5) is 13.9. The molecular weight excluding hydrogens is 266 g/mol. The molecule has 19 heavy (non-hydrogen) atoms. The number of carbonyl (C=O) groups is 1. The van der Waals surface area contributed by atoms with Crippen LogP contribution in [-0.4, -0.2) is 42.7 Å². The number of benzene rings is 1. The van der Waals surface area contributed by atoms with Crippen LogP contribution in [0.4, 0.5) is 0 Å². The fraction of sp³-hybridized carbons (Fsp3) is 0.500. The molecule has 0 saturated carbocycles. The van der Waals surface area contributed by atoms with E-state index in [0.717, 1.165) is 26.1 Å². The van der Waals surface area contributed by atoms with Gasteiger partial charge in [-0.15, -0.1) is 0 Å². The summed E-state index contributed by atoms with van der Waals surface area (Å²) in [6.45, 7) is 2.21. The second kappa shape index (κ2) is 6.26. The molecule has 1 heterocycles. The number of aromatic hydroxyl groups is 1. The van der Waals surface area contributed by atoms with E-state index in [1.54, 1.807) is 24.1 Å². The van der Waals surface area contributed by atoms with Gasteiger partial charge in [-0.05, 0) is 37.0 Å². The lowest BCUT2D eigenvalue weighted by atomic mass is 9.99. The predicted octanol–water partition coefficient (Wildman–Crippen LogP) is 2.54. The Bertz CT molecular complexity index is 458. The minimum Gasteiger partial charge on any atom is -0.507 e. The minimum atomic E-state index is -0.180. The van der Waals surface area contributed by atoms with E-state index in [2.05, 4.69) is 0 Å². The van der Waals surface area contributed by atoms with Crippen LogP contribution in [0.1, 0.15) is 23.2 Å². The van der Waals surface area contributed by atoms with E-state index in [0.29, 0.717) is 23.0 Å². The lowest BCUT2D eigenvalue weighted by Crippen LogP contribution is -2.34. The van der Waals surface area contributed by atoms with Crippen LogP contribution in [0.15, 0.2) is 18.2 Å². The molecule has 1 saturated heterocycles. The van der Waals surface area contributed by atoms with Crippen LogP contribution in [0.3, 0.4) is 0 Å². The van der Waals surface area contributed by atoms with Crippen molar-refractivity contribution < 1.29 is 14.6 Å². The average Bonchev–Trinajstić information content (AvgIpc) is 2.39. The molecule has 0 aliphatic carbocycles. The highest BCUT2D eigenvalue weighted by Gasteiger charge is 2.21.